The van der Waals surface area contributed by atoms with Crippen molar-refractivity contribution in [3.63, 3.8) is 0 Å². The first-order chi connectivity index (χ1) is 8.08. The predicted molar refractivity (Wildman–Crippen MR) is 75.4 cm³/mol. The van der Waals surface area contributed by atoms with E-state index in [1.807, 2.05) is 0 Å². The second-order valence-corrected chi connectivity index (χ2v) is 7.12. The van der Waals surface area contributed by atoms with Crippen LogP contribution < -0.4 is 5.73 Å². The highest BCUT2D eigenvalue weighted by Crippen LogP contribution is 2.33. The third kappa shape index (κ3) is 3.29. The van der Waals surface area contributed by atoms with E-state index >= 15 is 0 Å². The average Bonchev–Trinajstić information content (AvgIpc) is 2.64. The molecule has 3 unspecified atom stereocenters. The molecule has 1 aromatic rings. The average molecular weight is 319 g/mol. The Balaban J connectivity index is 2.17. The van der Waals surface area contributed by atoms with E-state index in [9.17, 15) is 0 Å². The summed E-state index contributed by atoms with van der Waals surface area (Å²) in [4.78, 5) is 3.78. The van der Waals surface area contributed by atoms with Gasteiger partial charge in [-0.15, -0.1) is 11.3 Å². The summed E-state index contributed by atoms with van der Waals surface area (Å²) in [5.74, 6) is 0. The maximum atomic E-state index is 6.16. The van der Waals surface area contributed by atoms with Gasteiger partial charge in [0.05, 0.1) is 22.5 Å². The standard InChI is InChI=1S/C12H19BrN2OS/c1-8-7-15(5-6-16-8)12(9(2)14)10-3-4-11(13)17-10/h3-4,8-9,12H,5-7,14H2,1-2H3. The van der Waals surface area contributed by atoms with E-state index < -0.39 is 0 Å². The largest absolute Gasteiger partial charge is 0.376 e. The number of ether oxygens (including phenoxy) is 1. The van der Waals surface area contributed by atoms with E-state index in [0.717, 1.165) is 19.7 Å². The van der Waals surface area contributed by atoms with Crippen molar-refractivity contribution < 1.29 is 4.74 Å². The Morgan fingerprint density at radius 1 is 1.59 bits per heavy atom. The highest BCUT2D eigenvalue weighted by atomic mass is 79.9. The van der Waals surface area contributed by atoms with Gasteiger partial charge in [0.15, 0.2) is 0 Å². The van der Waals surface area contributed by atoms with E-state index in [1.165, 1.54) is 8.66 Å². The number of halogens is 1. The highest BCUT2D eigenvalue weighted by Gasteiger charge is 2.29. The van der Waals surface area contributed by atoms with Crippen molar-refractivity contribution in [2.24, 2.45) is 5.73 Å². The van der Waals surface area contributed by atoms with Crippen LogP contribution in [0.2, 0.25) is 0 Å². The van der Waals surface area contributed by atoms with Crippen LogP contribution in [0.4, 0.5) is 0 Å². The molecule has 1 saturated heterocycles. The van der Waals surface area contributed by atoms with E-state index in [2.05, 4.69) is 46.8 Å². The SMILES string of the molecule is CC1CN(C(c2ccc(Br)s2)C(C)N)CCO1. The van der Waals surface area contributed by atoms with Gasteiger partial charge in [0.1, 0.15) is 0 Å². The summed E-state index contributed by atoms with van der Waals surface area (Å²) in [5.41, 5.74) is 6.16. The van der Waals surface area contributed by atoms with Crippen LogP contribution in [-0.4, -0.2) is 36.7 Å². The quantitative estimate of drug-likeness (QED) is 0.931. The molecule has 0 bridgehead atoms. The van der Waals surface area contributed by atoms with Crippen molar-refractivity contribution in [3.05, 3.63) is 20.8 Å². The van der Waals surface area contributed by atoms with Gasteiger partial charge in [-0.05, 0) is 41.9 Å². The Hall–Kier alpha value is 0.0600. The predicted octanol–water partition coefficient (Wildman–Crippen LogP) is 2.62. The summed E-state index contributed by atoms with van der Waals surface area (Å²) in [6.45, 7) is 6.93. The number of rotatable bonds is 3. The monoisotopic (exact) mass is 318 g/mol. The Kier molecular flexibility index (Phi) is 4.60. The fourth-order valence-electron chi connectivity index (χ4n) is 2.36. The maximum Gasteiger partial charge on any atom is 0.0702 e. The molecule has 3 atom stereocenters. The van der Waals surface area contributed by atoms with Gasteiger partial charge in [-0.1, -0.05) is 0 Å². The number of thiophene rings is 1. The fourth-order valence-corrected chi connectivity index (χ4v) is 4.03. The van der Waals surface area contributed by atoms with Crippen LogP contribution in [0, 0.1) is 0 Å². The molecule has 0 spiro atoms. The second-order valence-electron chi connectivity index (χ2n) is 4.62. The summed E-state index contributed by atoms with van der Waals surface area (Å²) in [5, 5.41) is 0. The molecule has 96 valence electrons. The van der Waals surface area contributed by atoms with Crippen molar-refractivity contribution in [1.29, 1.82) is 0 Å². The molecule has 17 heavy (non-hydrogen) atoms. The molecule has 1 aromatic heterocycles. The molecule has 2 rings (SSSR count). The van der Waals surface area contributed by atoms with E-state index in [-0.39, 0.29) is 6.04 Å². The Labute approximate surface area is 115 Å². The fraction of sp³-hybridized carbons (Fsp3) is 0.667. The van der Waals surface area contributed by atoms with Crippen LogP contribution in [0.5, 0.6) is 0 Å². The molecule has 0 aliphatic carbocycles. The van der Waals surface area contributed by atoms with Gasteiger partial charge in [-0.25, -0.2) is 0 Å². The van der Waals surface area contributed by atoms with E-state index in [0.29, 0.717) is 12.1 Å². The highest BCUT2D eigenvalue weighted by molar-refractivity contribution is 9.11. The minimum Gasteiger partial charge on any atom is -0.376 e. The molecular weight excluding hydrogens is 300 g/mol. The van der Waals surface area contributed by atoms with Gasteiger partial charge in [-0.3, -0.25) is 4.90 Å². The van der Waals surface area contributed by atoms with Gasteiger partial charge in [0, 0.05) is 24.0 Å². The summed E-state index contributed by atoms with van der Waals surface area (Å²) in [7, 11) is 0. The normalized spacial score (nSPS) is 25.8. The van der Waals surface area contributed by atoms with Crippen LogP contribution in [0.3, 0.4) is 0 Å². The summed E-state index contributed by atoms with van der Waals surface area (Å²) in [6, 6.07) is 4.70. The molecule has 1 aliphatic heterocycles. The molecule has 1 fully saturated rings. The molecular formula is C12H19BrN2OS. The molecule has 5 heteroatoms. The van der Waals surface area contributed by atoms with Gasteiger partial charge >= 0.3 is 0 Å². The number of morpholine rings is 1. The Morgan fingerprint density at radius 2 is 2.35 bits per heavy atom. The Bertz CT molecular complexity index is 369. The third-order valence-electron chi connectivity index (χ3n) is 3.05. The molecule has 2 N–H and O–H groups in total. The molecule has 3 nitrogen and oxygen atoms in total. The van der Waals surface area contributed by atoms with Gasteiger partial charge in [-0.2, -0.15) is 0 Å². The van der Waals surface area contributed by atoms with Crippen LogP contribution in [0.15, 0.2) is 15.9 Å². The van der Waals surface area contributed by atoms with E-state index in [4.69, 9.17) is 10.5 Å². The van der Waals surface area contributed by atoms with E-state index in [1.54, 1.807) is 11.3 Å². The zero-order valence-corrected chi connectivity index (χ0v) is 12.6. The minimum atomic E-state index is 0.130. The number of nitrogens with zero attached hydrogens (tertiary/aromatic N) is 1. The first-order valence-electron chi connectivity index (χ1n) is 5.94. The van der Waals surface area contributed by atoms with Crippen LogP contribution in [-0.2, 0) is 4.74 Å². The van der Waals surface area contributed by atoms with Crippen molar-refractivity contribution in [2.45, 2.75) is 32.0 Å². The molecule has 2 heterocycles. The van der Waals surface area contributed by atoms with Crippen molar-refractivity contribution in [3.8, 4) is 0 Å². The zero-order chi connectivity index (χ0) is 12.4. The first-order valence-corrected chi connectivity index (χ1v) is 7.55. The van der Waals surface area contributed by atoms with Crippen LogP contribution in [0.1, 0.15) is 24.8 Å². The van der Waals surface area contributed by atoms with Gasteiger partial charge < -0.3 is 10.5 Å². The molecule has 0 amide bonds. The lowest BCUT2D eigenvalue weighted by Crippen LogP contribution is -2.47. The third-order valence-corrected chi connectivity index (χ3v) is 4.74. The molecule has 0 radical (unpaired) electrons. The lowest BCUT2D eigenvalue weighted by atomic mass is 10.1. The maximum absolute atomic E-state index is 6.16. The smallest absolute Gasteiger partial charge is 0.0702 e. The number of hydrogen-bond acceptors (Lipinski definition) is 4. The summed E-state index contributed by atoms with van der Waals surface area (Å²) < 4.78 is 6.76. The second kappa shape index (κ2) is 5.80. The van der Waals surface area contributed by atoms with Crippen molar-refractivity contribution in [2.75, 3.05) is 19.7 Å². The topological polar surface area (TPSA) is 38.5 Å². The molecule has 0 aromatic carbocycles. The molecule has 1 aliphatic rings. The first kappa shape index (κ1) is 13.5. The lowest BCUT2D eigenvalue weighted by molar-refractivity contribution is -0.0370. The Morgan fingerprint density at radius 3 is 2.88 bits per heavy atom. The summed E-state index contributed by atoms with van der Waals surface area (Å²) in [6.07, 6.45) is 0.299. The number of hydrogen-bond donors (Lipinski definition) is 1. The van der Waals surface area contributed by atoms with Gasteiger partial charge in [0.25, 0.3) is 0 Å². The van der Waals surface area contributed by atoms with Crippen molar-refractivity contribution >= 4 is 27.3 Å². The molecule has 0 saturated carbocycles. The van der Waals surface area contributed by atoms with Gasteiger partial charge in [0.2, 0.25) is 0 Å². The number of nitrogens with two attached hydrogens (primary N) is 1. The van der Waals surface area contributed by atoms with Crippen molar-refractivity contribution in [1.82, 2.24) is 4.90 Å². The van der Waals surface area contributed by atoms with Crippen LogP contribution in [0.25, 0.3) is 0 Å². The zero-order valence-electron chi connectivity index (χ0n) is 10.2. The summed E-state index contributed by atoms with van der Waals surface area (Å²) >= 11 is 5.29. The lowest BCUT2D eigenvalue weighted by Gasteiger charge is -2.38. The minimum absolute atomic E-state index is 0.130. The van der Waals surface area contributed by atoms with Crippen LogP contribution >= 0.6 is 27.3 Å².